The summed E-state index contributed by atoms with van der Waals surface area (Å²) in [6.45, 7) is 4.15. The third-order valence-electron chi connectivity index (χ3n) is 5.76. The molecule has 3 N–H and O–H groups in total. The highest BCUT2D eigenvalue weighted by atomic mass is 16.2. The smallest absolute Gasteiger partial charge is 0.326 e. The van der Waals surface area contributed by atoms with Gasteiger partial charge in [0.25, 0.3) is 5.56 Å². The number of carbonyl (C=O) groups is 2. The fraction of sp³-hybridized carbons (Fsp3) is 0.250. The summed E-state index contributed by atoms with van der Waals surface area (Å²) in [5, 5.41) is 5.50. The van der Waals surface area contributed by atoms with Crippen molar-refractivity contribution >= 4 is 23.3 Å². The number of nitrogens with one attached hydrogen (secondary N) is 3. The Hall–Kier alpha value is -3.94. The second-order valence-corrected chi connectivity index (χ2v) is 8.10. The fourth-order valence-electron chi connectivity index (χ4n) is 3.84. The van der Waals surface area contributed by atoms with E-state index in [-0.39, 0.29) is 37.0 Å². The molecule has 0 saturated heterocycles. The van der Waals surface area contributed by atoms with Crippen LogP contribution in [0, 0.1) is 19.8 Å². The predicted octanol–water partition coefficient (Wildman–Crippen LogP) is 2.34. The van der Waals surface area contributed by atoms with Crippen LogP contribution in [0.4, 0.5) is 11.5 Å². The third-order valence-corrected chi connectivity index (χ3v) is 5.76. The van der Waals surface area contributed by atoms with Gasteiger partial charge in [0, 0.05) is 12.1 Å². The van der Waals surface area contributed by atoms with Gasteiger partial charge in [-0.3, -0.25) is 23.9 Å². The van der Waals surface area contributed by atoms with E-state index in [1.54, 1.807) is 0 Å². The summed E-state index contributed by atoms with van der Waals surface area (Å²) < 4.78 is 1.34. The molecule has 0 saturated carbocycles. The van der Waals surface area contributed by atoms with E-state index >= 15 is 0 Å². The number of amides is 2. The number of anilines is 2. The normalized spacial score (nSPS) is 15.1. The number of hydrogen-bond acceptors (Lipinski definition) is 4. The average molecular weight is 432 g/mol. The minimum absolute atomic E-state index is 0.0740. The maximum Gasteiger partial charge on any atom is 0.330 e. The fourth-order valence-corrected chi connectivity index (χ4v) is 3.84. The van der Waals surface area contributed by atoms with Gasteiger partial charge in [0.1, 0.15) is 5.82 Å². The number of carbonyl (C=O) groups excluding carboxylic acids is 2. The molecule has 8 heteroatoms. The van der Waals surface area contributed by atoms with Crippen LogP contribution in [0.15, 0.2) is 58.1 Å². The Labute approximate surface area is 184 Å². The summed E-state index contributed by atoms with van der Waals surface area (Å²) in [7, 11) is 0. The van der Waals surface area contributed by atoms with Crippen molar-refractivity contribution in [2.24, 2.45) is 5.92 Å². The Balaban J connectivity index is 1.55. The third kappa shape index (κ3) is 4.39. The van der Waals surface area contributed by atoms with Crippen molar-refractivity contribution in [1.29, 1.82) is 0 Å². The van der Waals surface area contributed by atoms with E-state index in [4.69, 9.17) is 0 Å². The number of H-pyrrole nitrogens is 1. The van der Waals surface area contributed by atoms with E-state index in [9.17, 15) is 19.2 Å². The van der Waals surface area contributed by atoms with Crippen LogP contribution in [0.5, 0.6) is 0 Å². The van der Waals surface area contributed by atoms with Crippen LogP contribution >= 0.6 is 0 Å². The van der Waals surface area contributed by atoms with Gasteiger partial charge in [-0.05, 0) is 49.1 Å². The SMILES string of the molecule is Cc1ccc(NC(=O)CC2Cc3c(n(Cc4ccccc4)c(=O)[nH]c3=O)NC2=O)cc1C. The quantitative estimate of drug-likeness (QED) is 0.574. The maximum absolute atomic E-state index is 12.8. The van der Waals surface area contributed by atoms with Gasteiger partial charge in [0.15, 0.2) is 0 Å². The number of aromatic nitrogens is 2. The molecular weight excluding hydrogens is 408 g/mol. The van der Waals surface area contributed by atoms with Crippen molar-refractivity contribution in [3.8, 4) is 0 Å². The highest BCUT2D eigenvalue weighted by Gasteiger charge is 2.32. The summed E-state index contributed by atoms with van der Waals surface area (Å²) >= 11 is 0. The zero-order chi connectivity index (χ0) is 22.8. The van der Waals surface area contributed by atoms with Crippen molar-refractivity contribution < 1.29 is 9.59 Å². The first kappa shape index (κ1) is 21.3. The van der Waals surface area contributed by atoms with E-state index in [1.807, 2.05) is 62.4 Å². The van der Waals surface area contributed by atoms with Crippen LogP contribution in [0.1, 0.15) is 28.7 Å². The van der Waals surface area contributed by atoms with Crippen LogP contribution in [-0.2, 0) is 22.6 Å². The summed E-state index contributed by atoms with van der Waals surface area (Å²) in [5.74, 6) is -1.22. The van der Waals surface area contributed by atoms with Crippen molar-refractivity contribution in [2.45, 2.75) is 33.2 Å². The van der Waals surface area contributed by atoms with Gasteiger partial charge in [-0.2, -0.15) is 0 Å². The Bertz CT molecular complexity index is 1310. The first-order valence-corrected chi connectivity index (χ1v) is 10.4. The number of hydrogen-bond donors (Lipinski definition) is 3. The Morgan fingerprint density at radius 3 is 2.53 bits per heavy atom. The lowest BCUT2D eigenvalue weighted by Gasteiger charge is -2.26. The van der Waals surface area contributed by atoms with E-state index < -0.39 is 17.2 Å². The largest absolute Gasteiger partial charge is 0.330 e. The summed E-state index contributed by atoms with van der Waals surface area (Å²) in [6, 6.07) is 14.9. The lowest BCUT2D eigenvalue weighted by molar-refractivity contribution is -0.125. The molecule has 0 radical (unpaired) electrons. The Morgan fingerprint density at radius 1 is 1.06 bits per heavy atom. The first-order valence-electron chi connectivity index (χ1n) is 10.4. The zero-order valence-corrected chi connectivity index (χ0v) is 17.9. The Morgan fingerprint density at radius 2 is 1.81 bits per heavy atom. The van der Waals surface area contributed by atoms with Crippen LogP contribution in [0.2, 0.25) is 0 Å². The number of rotatable bonds is 5. The topological polar surface area (TPSA) is 113 Å². The van der Waals surface area contributed by atoms with Crippen LogP contribution in [0.25, 0.3) is 0 Å². The molecule has 32 heavy (non-hydrogen) atoms. The molecule has 1 atom stereocenters. The second kappa shape index (κ2) is 8.66. The number of aryl methyl sites for hydroxylation is 2. The van der Waals surface area contributed by atoms with Crippen LogP contribution in [0.3, 0.4) is 0 Å². The van der Waals surface area contributed by atoms with Crippen molar-refractivity contribution in [3.05, 3.63) is 91.6 Å². The molecule has 4 rings (SSSR count). The molecule has 2 amide bonds. The molecule has 8 nitrogen and oxygen atoms in total. The number of aromatic amines is 1. The highest BCUT2D eigenvalue weighted by molar-refractivity contribution is 5.99. The number of fused-ring (bicyclic) bond motifs is 1. The molecule has 0 bridgehead atoms. The van der Waals surface area contributed by atoms with E-state index in [1.165, 1.54) is 4.57 Å². The van der Waals surface area contributed by atoms with Gasteiger partial charge in [0.2, 0.25) is 11.8 Å². The molecule has 164 valence electrons. The van der Waals surface area contributed by atoms with Gasteiger partial charge < -0.3 is 10.6 Å². The zero-order valence-electron chi connectivity index (χ0n) is 17.9. The average Bonchev–Trinajstić information content (AvgIpc) is 2.75. The van der Waals surface area contributed by atoms with Crippen LogP contribution in [-0.4, -0.2) is 21.4 Å². The second-order valence-electron chi connectivity index (χ2n) is 8.10. The van der Waals surface area contributed by atoms with Crippen molar-refractivity contribution in [2.75, 3.05) is 10.6 Å². The molecule has 2 aromatic carbocycles. The van der Waals surface area contributed by atoms with Crippen LogP contribution < -0.4 is 21.9 Å². The van der Waals surface area contributed by atoms with Gasteiger partial charge in [0.05, 0.1) is 18.0 Å². The maximum atomic E-state index is 12.8. The number of nitrogens with zero attached hydrogens (tertiary/aromatic N) is 1. The lowest BCUT2D eigenvalue weighted by Crippen LogP contribution is -2.42. The van der Waals surface area contributed by atoms with Crippen molar-refractivity contribution in [3.63, 3.8) is 0 Å². The van der Waals surface area contributed by atoms with Gasteiger partial charge in [-0.15, -0.1) is 0 Å². The minimum atomic E-state index is -0.710. The highest BCUT2D eigenvalue weighted by Crippen LogP contribution is 2.25. The molecule has 2 heterocycles. The van der Waals surface area contributed by atoms with Crippen molar-refractivity contribution in [1.82, 2.24) is 9.55 Å². The molecule has 0 aliphatic carbocycles. The predicted molar refractivity (Wildman–Crippen MR) is 122 cm³/mol. The molecule has 3 aromatic rings. The standard InChI is InChI=1S/C24H24N4O4/c1-14-8-9-18(10-15(14)2)25-20(29)12-17-11-19-21(26-22(17)30)28(24(32)27-23(19)31)13-16-6-4-3-5-7-16/h3-10,17H,11-13H2,1-2H3,(H,25,29)(H,26,30)(H,27,31,32). The molecule has 0 fully saturated rings. The van der Waals surface area contributed by atoms with E-state index in [0.29, 0.717) is 11.3 Å². The monoisotopic (exact) mass is 432 g/mol. The lowest BCUT2D eigenvalue weighted by atomic mass is 9.92. The summed E-state index contributed by atoms with van der Waals surface area (Å²) in [4.78, 5) is 52.5. The molecular formula is C24H24N4O4. The first-order chi connectivity index (χ1) is 15.3. The molecule has 1 aliphatic rings. The van der Waals surface area contributed by atoms with Gasteiger partial charge in [-0.25, -0.2) is 4.79 Å². The van der Waals surface area contributed by atoms with E-state index in [0.717, 1.165) is 16.7 Å². The van der Waals surface area contributed by atoms with Gasteiger partial charge >= 0.3 is 5.69 Å². The number of benzene rings is 2. The van der Waals surface area contributed by atoms with Gasteiger partial charge in [-0.1, -0.05) is 36.4 Å². The summed E-state index contributed by atoms with van der Waals surface area (Å²) in [6.07, 6.45) is 0.00135. The molecule has 0 spiro atoms. The molecule has 1 unspecified atom stereocenters. The summed E-state index contributed by atoms with van der Waals surface area (Å²) in [5.41, 5.74) is 2.83. The minimum Gasteiger partial charge on any atom is -0.326 e. The molecule has 1 aromatic heterocycles. The Kier molecular flexibility index (Phi) is 5.77. The molecule has 1 aliphatic heterocycles. The van der Waals surface area contributed by atoms with E-state index in [2.05, 4.69) is 15.6 Å².